The molecule has 1 aliphatic rings. The summed E-state index contributed by atoms with van der Waals surface area (Å²) in [6.07, 6.45) is 3.24. The summed E-state index contributed by atoms with van der Waals surface area (Å²) in [6.45, 7) is 2.23. The molecule has 18 heavy (non-hydrogen) atoms. The second-order valence-corrected chi connectivity index (χ2v) is 5.60. The number of H-pyrrole nitrogens is 1. The molecule has 5 nitrogen and oxygen atoms in total. The highest BCUT2D eigenvalue weighted by atomic mass is 79.9. The number of hydrogen-bond donors (Lipinski definition) is 3. The quantitative estimate of drug-likeness (QED) is 0.774. The Morgan fingerprint density at radius 2 is 2.28 bits per heavy atom. The van der Waals surface area contributed by atoms with Crippen molar-refractivity contribution in [2.75, 3.05) is 13.2 Å². The summed E-state index contributed by atoms with van der Waals surface area (Å²) in [4.78, 5) is 26.6. The van der Waals surface area contributed by atoms with Crippen LogP contribution in [0.25, 0.3) is 0 Å². The number of amides is 1. The topological polar surface area (TPSA) is 82.2 Å². The number of carbonyl (C=O) groups is 1. The van der Waals surface area contributed by atoms with Gasteiger partial charge in [0.2, 0.25) is 5.43 Å². The first-order valence-electron chi connectivity index (χ1n) is 5.76. The molecule has 1 aromatic heterocycles. The lowest BCUT2D eigenvalue weighted by Crippen LogP contribution is -2.34. The molecule has 0 spiro atoms. The number of carbonyl (C=O) groups excluding carboxylic acids is 1. The molecule has 2 rings (SSSR count). The van der Waals surface area contributed by atoms with Crippen LogP contribution in [0.5, 0.6) is 0 Å². The van der Waals surface area contributed by atoms with Crippen LogP contribution in [0, 0.1) is 12.3 Å². The molecule has 1 fully saturated rings. The second kappa shape index (κ2) is 4.85. The van der Waals surface area contributed by atoms with Crippen LogP contribution in [0.15, 0.2) is 15.5 Å². The van der Waals surface area contributed by atoms with Crippen LogP contribution in [0.4, 0.5) is 0 Å². The van der Waals surface area contributed by atoms with Crippen molar-refractivity contribution < 1.29 is 9.90 Å². The van der Waals surface area contributed by atoms with Gasteiger partial charge in [0.05, 0.1) is 11.1 Å². The fraction of sp³-hybridized carbons (Fsp3) is 0.500. The molecule has 1 amide bonds. The molecule has 0 saturated heterocycles. The molecule has 1 aromatic rings. The van der Waals surface area contributed by atoms with E-state index in [2.05, 4.69) is 26.2 Å². The molecule has 0 aliphatic heterocycles. The Hall–Kier alpha value is -1.14. The van der Waals surface area contributed by atoms with Gasteiger partial charge in [0.15, 0.2) is 0 Å². The van der Waals surface area contributed by atoms with E-state index in [-0.39, 0.29) is 23.0 Å². The van der Waals surface area contributed by atoms with E-state index >= 15 is 0 Å². The minimum absolute atomic E-state index is 0.0707. The largest absolute Gasteiger partial charge is 0.396 e. The minimum atomic E-state index is -0.406. The molecule has 0 aromatic carbocycles. The molecule has 6 heteroatoms. The van der Waals surface area contributed by atoms with E-state index in [0.717, 1.165) is 12.8 Å². The smallest absolute Gasteiger partial charge is 0.256 e. The number of halogens is 1. The lowest BCUT2D eigenvalue weighted by atomic mass is 10.1. The van der Waals surface area contributed by atoms with Crippen LogP contribution >= 0.6 is 15.9 Å². The van der Waals surface area contributed by atoms with Gasteiger partial charge >= 0.3 is 0 Å². The number of aromatic nitrogens is 1. The van der Waals surface area contributed by atoms with E-state index < -0.39 is 5.91 Å². The van der Waals surface area contributed by atoms with E-state index in [1.54, 1.807) is 6.92 Å². The van der Waals surface area contributed by atoms with Crippen LogP contribution in [-0.2, 0) is 0 Å². The van der Waals surface area contributed by atoms with Gasteiger partial charge in [-0.2, -0.15) is 0 Å². The SMILES string of the molecule is Cc1[nH]cc(C(=O)NCC2(CO)CC2)c(=O)c1Br. The first kappa shape index (κ1) is 13.3. The number of pyridine rings is 1. The summed E-state index contributed by atoms with van der Waals surface area (Å²) in [5, 5.41) is 11.8. The van der Waals surface area contributed by atoms with E-state index in [9.17, 15) is 9.59 Å². The molecule has 0 bridgehead atoms. The van der Waals surface area contributed by atoms with Gasteiger partial charge in [0, 0.05) is 23.9 Å². The molecule has 0 radical (unpaired) electrons. The third-order valence-electron chi connectivity index (χ3n) is 3.37. The van der Waals surface area contributed by atoms with Gasteiger partial charge in [-0.05, 0) is 35.7 Å². The normalized spacial score (nSPS) is 16.4. The van der Waals surface area contributed by atoms with Crippen LogP contribution in [0.2, 0.25) is 0 Å². The predicted octanol–water partition coefficient (Wildman–Crippen LogP) is 0.948. The maximum Gasteiger partial charge on any atom is 0.256 e. The molecule has 1 aliphatic carbocycles. The van der Waals surface area contributed by atoms with Gasteiger partial charge in [-0.25, -0.2) is 0 Å². The Morgan fingerprint density at radius 1 is 1.61 bits per heavy atom. The van der Waals surface area contributed by atoms with Crippen molar-refractivity contribution in [1.82, 2.24) is 10.3 Å². The van der Waals surface area contributed by atoms with E-state index in [1.165, 1.54) is 6.20 Å². The number of aromatic amines is 1. The average Bonchev–Trinajstić information content (AvgIpc) is 3.14. The van der Waals surface area contributed by atoms with Crippen molar-refractivity contribution in [1.29, 1.82) is 0 Å². The van der Waals surface area contributed by atoms with Gasteiger partial charge in [-0.1, -0.05) is 0 Å². The summed E-state index contributed by atoms with van der Waals surface area (Å²) in [5.41, 5.74) is 0.286. The fourth-order valence-corrected chi connectivity index (χ4v) is 2.03. The molecule has 3 N–H and O–H groups in total. The maximum absolute atomic E-state index is 11.9. The maximum atomic E-state index is 11.9. The number of aliphatic hydroxyl groups is 1. The van der Waals surface area contributed by atoms with Gasteiger partial charge in [0.1, 0.15) is 5.56 Å². The van der Waals surface area contributed by atoms with Crippen molar-refractivity contribution in [3.8, 4) is 0 Å². The lowest BCUT2D eigenvalue weighted by Gasteiger charge is -2.12. The molecule has 1 heterocycles. The monoisotopic (exact) mass is 314 g/mol. The van der Waals surface area contributed by atoms with E-state index in [1.807, 2.05) is 0 Å². The Morgan fingerprint density at radius 3 is 2.83 bits per heavy atom. The molecule has 1 saturated carbocycles. The molecule has 0 atom stereocenters. The van der Waals surface area contributed by atoms with Crippen LogP contribution in [0.3, 0.4) is 0 Å². The number of nitrogens with one attached hydrogen (secondary N) is 2. The van der Waals surface area contributed by atoms with Crippen molar-refractivity contribution in [3.05, 3.63) is 32.2 Å². The summed E-state index contributed by atoms with van der Waals surface area (Å²) >= 11 is 3.15. The highest BCUT2D eigenvalue weighted by molar-refractivity contribution is 9.10. The predicted molar refractivity (Wildman–Crippen MR) is 70.6 cm³/mol. The summed E-state index contributed by atoms with van der Waals surface area (Å²) in [5.74, 6) is -0.406. The van der Waals surface area contributed by atoms with Crippen molar-refractivity contribution in [2.45, 2.75) is 19.8 Å². The number of hydrogen-bond acceptors (Lipinski definition) is 3. The Labute approximate surface area is 113 Å². The molecule has 98 valence electrons. The summed E-state index contributed by atoms with van der Waals surface area (Å²) < 4.78 is 0.374. The number of rotatable bonds is 4. The summed E-state index contributed by atoms with van der Waals surface area (Å²) in [7, 11) is 0. The van der Waals surface area contributed by atoms with Crippen molar-refractivity contribution in [3.63, 3.8) is 0 Å². The van der Waals surface area contributed by atoms with E-state index in [4.69, 9.17) is 5.11 Å². The Balaban J connectivity index is 2.10. The zero-order chi connectivity index (χ0) is 13.3. The zero-order valence-corrected chi connectivity index (χ0v) is 11.6. The standard InChI is InChI=1S/C12H15BrN2O3/c1-7-9(13)10(17)8(4-14-7)11(18)15-5-12(6-16)2-3-12/h4,16H,2-3,5-6H2,1H3,(H,14,17)(H,15,18). The highest BCUT2D eigenvalue weighted by Crippen LogP contribution is 2.44. The first-order chi connectivity index (χ1) is 8.49. The van der Waals surface area contributed by atoms with Gasteiger partial charge in [-0.15, -0.1) is 0 Å². The third-order valence-corrected chi connectivity index (χ3v) is 4.32. The highest BCUT2D eigenvalue weighted by Gasteiger charge is 2.42. The third kappa shape index (κ3) is 2.49. The minimum Gasteiger partial charge on any atom is -0.396 e. The Bertz CT molecular complexity index is 535. The van der Waals surface area contributed by atoms with Crippen LogP contribution < -0.4 is 10.7 Å². The number of aryl methyl sites for hydroxylation is 1. The van der Waals surface area contributed by atoms with Gasteiger partial charge in [-0.3, -0.25) is 9.59 Å². The second-order valence-electron chi connectivity index (χ2n) is 4.81. The van der Waals surface area contributed by atoms with Crippen molar-refractivity contribution >= 4 is 21.8 Å². The lowest BCUT2D eigenvalue weighted by molar-refractivity contribution is 0.0933. The Kier molecular flexibility index (Phi) is 3.59. The van der Waals surface area contributed by atoms with Crippen molar-refractivity contribution in [2.24, 2.45) is 5.41 Å². The molecule has 0 unspecified atom stereocenters. The van der Waals surface area contributed by atoms with Gasteiger partial charge in [0.25, 0.3) is 5.91 Å². The van der Waals surface area contributed by atoms with E-state index in [0.29, 0.717) is 16.7 Å². The van der Waals surface area contributed by atoms with Crippen LogP contribution in [0.1, 0.15) is 28.9 Å². The molecular formula is C12H15BrN2O3. The zero-order valence-electron chi connectivity index (χ0n) is 10.0. The fourth-order valence-electron chi connectivity index (χ4n) is 1.70. The molecular weight excluding hydrogens is 300 g/mol. The van der Waals surface area contributed by atoms with Gasteiger partial charge < -0.3 is 15.4 Å². The first-order valence-corrected chi connectivity index (χ1v) is 6.55. The number of aliphatic hydroxyl groups excluding tert-OH is 1. The van der Waals surface area contributed by atoms with Crippen LogP contribution in [-0.4, -0.2) is 29.1 Å². The summed E-state index contributed by atoms with van der Waals surface area (Å²) in [6, 6.07) is 0. The average molecular weight is 315 g/mol.